The molecule has 0 N–H and O–H groups in total. The minimum Gasteiger partial charge on any atom is -0.521 e. The molecule has 0 spiro atoms. The summed E-state index contributed by atoms with van der Waals surface area (Å²) in [7, 11) is 0. The molecular formula is C39H41N5O2Pt. The van der Waals surface area contributed by atoms with Gasteiger partial charge in [-0.05, 0) is 59.7 Å². The van der Waals surface area contributed by atoms with Gasteiger partial charge in [0.15, 0.2) is 0 Å². The molecule has 6 aromatic rings. The van der Waals surface area contributed by atoms with E-state index in [0.717, 1.165) is 50.8 Å². The fourth-order valence-electron chi connectivity index (χ4n) is 5.87. The number of rotatable bonds is 8. The number of pyridine rings is 2. The summed E-state index contributed by atoms with van der Waals surface area (Å²) in [5, 5.41) is 4.86. The molecule has 7 nitrogen and oxygen atoms in total. The number of hydrogen-bond donors (Lipinski definition) is 0. The fourth-order valence-corrected chi connectivity index (χ4v) is 5.87. The summed E-state index contributed by atoms with van der Waals surface area (Å²) in [6.07, 6.45) is 1.78. The third-order valence-corrected chi connectivity index (χ3v) is 8.11. The Balaban J connectivity index is 0.00000433. The third kappa shape index (κ3) is 6.91. The van der Waals surface area contributed by atoms with Gasteiger partial charge in [0.1, 0.15) is 5.88 Å². The van der Waals surface area contributed by atoms with E-state index in [1.54, 1.807) is 6.20 Å². The van der Waals surface area contributed by atoms with Gasteiger partial charge in [-0.1, -0.05) is 78.8 Å². The van der Waals surface area contributed by atoms with Gasteiger partial charge in [0.25, 0.3) is 0 Å². The molecule has 8 heteroatoms. The summed E-state index contributed by atoms with van der Waals surface area (Å²) < 4.78 is 16.9. The Hall–Kier alpha value is -4.22. The second-order valence-corrected chi connectivity index (χ2v) is 13.4. The maximum atomic E-state index is 6.51. The number of fused-ring (bicyclic) bond motifs is 1. The molecule has 0 atom stereocenters. The van der Waals surface area contributed by atoms with Crippen molar-refractivity contribution in [1.82, 2.24) is 24.1 Å². The molecule has 4 aromatic heterocycles. The standard InChI is InChI=1S/C39H41N5O2.Pt/c1-24(2)37-38(25(3)4)43-33(41-37)22-32(23-35(43)46-34-20-29(18-19-40-34)39(7,8)9)45-31-17-13-16-30(21-31)44-27(6)36(26(5)42-44)28-14-11-10-12-15-28;/h10-20,22,24-25H,1-9H3;/q-2;+2. The topological polar surface area (TPSA) is 66.5 Å². The molecule has 0 saturated heterocycles. The third-order valence-electron chi connectivity index (χ3n) is 8.11. The van der Waals surface area contributed by atoms with Gasteiger partial charge in [-0.2, -0.15) is 11.2 Å². The summed E-state index contributed by atoms with van der Waals surface area (Å²) in [6.45, 7) is 19.3. The van der Waals surface area contributed by atoms with Crippen LogP contribution in [0.15, 0.2) is 72.9 Å². The van der Waals surface area contributed by atoms with E-state index in [1.807, 2.05) is 70.6 Å². The van der Waals surface area contributed by atoms with Crippen LogP contribution in [-0.4, -0.2) is 24.1 Å². The molecule has 47 heavy (non-hydrogen) atoms. The first-order valence-corrected chi connectivity index (χ1v) is 15.9. The van der Waals surface area contributed by atoms with Gasteiger partial charge >= 0.3 is 21.1 Å². The van der Waals surface area contributed by atoms with Crippen LogP contribution >= 0.6 is 0 Å². The minimum atomic E-state index is -0.0534. The number of benzene rings is 2. The average Bonchev–Trinajstić information content (AvgIpc) is 3.55. The van der Waals surface area contributed by atoms with E-state index in [0.29, 0.717) is 23.3 Å². The van der Waals surface area contributed by atoms with Gasteiger partial charge in [-0.3, -0.25) is 14.1 Å². The summed E-state index contributed by atoms with van der Waals surface area (Å²) in [6, 6.07) is 28.8. The predicted molar refractivity (Wildman–Crippen MR) is 183 cm³/mol. The molecule has 4 heterocycles. The van der Waals surface area contributed by atoms with Crippen LogP contribution in [0.1, 0.15) is 88.6 Å². The van der Waals surface area contributed by atoms with Crippen molar-refractivity contribution in [3.63, 3.8) is 0 Å². The van der Waals surface area contributed by atoms with Crippen LogP contribution in [0.4, 0.5) is 0 Å². The van der Waals surface area contributed by atoms with Crippen LogP contribution < -0.4 is 9.47 Å². The second-order valence-electron chi connectivity index (χ2n) is 13.4. The zero-order valence-corrected chi connectivity index (χ0v) is 30.7. The van der Waals surface area contributed by atoms with Gasteiger partial charge in [0, 0.05) is 35.0 Å². The molecule has 0 aliphatic rings. The Morgan fingerprint density at radius 1 is 0.809 bits per heavy atom. The number of ether oxygens (including phenoxy) is 2. The van der Waals surface area contributed by atoms with Crippen molar-refractivity contribution in [3.05, 3.63) is 113 Å². The van der Waals surface area contributed by atoms with Crippen LogP contribution in [0.25, 0.3) is 22.5 Å². The Morgan fingerprint density at radius 2 is 1.55 bits per heavy atom. The van der Waals surface area contributed by atoms with Crippen LogP contribution in [-0.2, 0) is 26.5 Å². The Labute approximate surface area is 292 Å². The Morgan fingerprint density at radius 3 is 2.23 bits per heavy atom. The maximum Gasteiger partial charge on any atom is 2.00 e. The Bertz CT molecular complexity index is 2020. The fraction of sp³-hybridized carbons (Fsp3) is 0.308. The first-order valence-electron chi connectivity index (χ1n) is 15.9. The number of nitrogens with zero attached hydrogens (tertiary/aromatic N) is 5. The summed E-state index contributed by atoms with van der Waals surface area (Å²) in [5.74, 6) is 2.39. The maximum absolute atomic E-state index is 6.51. The van der Waals surface area contributed by atoms with Gasteiger partial charge in [-0.25, -0.2) is 4.98 Å². The van der Waals surface area contributed by atoms with E-state index in [4.69, 9.17) is 19.6 Å². The molecule has 6 rings (SSSR count). The number of imidazole rings is 1. The summed E-state index contributed by atoms with van der Waals surface area (Å²) >= 11 is 0. The summed E-state index contributed by atoms with van der Waals surface area (Å²) in [4.78, 5) is 9.59. The normalized spacial score (nSPS) is 11.7. The SMILES string of the molecule is Cc1nn(-c2[c-]c(Oc3[c-]c(Oc4cc(C(C)(C)C)ccn4)n4c(C(C)C)c(C(C)C)nc4c3)ccc2)c(C)c1-c1ccccc1.[Pt+2]. The molecular weight excluding hydrogens is 766 g/mol. The van der Waals surface area contributed by atoms with Crippen molar-refractivity contribution in [2.45, 2.75) is 79.6 Å². The van der Waals surface area contributed by atoms with Crippen LogP contribution in [0, 0.1) is 26.0 Å². The van der Waals surface area contributed by atoms with Gasteiger partial charge in [0.05, 0.1) is 17.0 Å². The van der Waals surface area contributed by atoms with Gasteiger partial charge < -0.3 is 9.47 Å². The van der Waals surface area contributed by atoms with Crippen molar-refractivity contribution in [2.75, 3.05) is 0 Å². The van der Waals surface area contributed by atoms with E-state index in [2.05, 4.69) is 84.6 Å². The monoisotopic (exact) mass is 806 g/mol. The van der Waals surface area contributed by atoms with Crippen LogP contribution in [0.5, 0.6) is 23.3 Å². The van der Waals surface area contributed by atoms with E-state index in [1.165, 1.54) is 0 Å². The zero-order valence-electron chi connectivity index (χ0n) is 28.5. The van der Waals surface area contributed by atoms with Crippen molar-refractivity contribution < 1.29 is 30.5 Å². The van der Waals surface area contributed by atoms with Gasteiger partial charge in [-0.15, -0.1) is 30.3 Å². The smallest absolute Gasteiger partial charge is 0.521 e. The van der Waals surface area contributed by atoms with Crippen molar-refractivity contribution in [3.8, 4) is 40.1 Å². The van der Waals surface area contributed by atoms with E-state index < -0.39 is 0 Å². The first-order chi connectivity index (χ1) is 21.9. The minimum absolute atomic E-state index is 0. The molecule has 0 amide bonds. The summed E-state index contributed by atoms with van der Waals surface area (Å²) in [5.41, 5.74) is 8.93. The molecule has 0 aliphatic carbocycles. The number of hydrogen-bond acceptors (Lipinski definition) is 5. The van der Waals surface area contributed by atoms with Crippen molar-refractivity contribution in [1.29, 1.82) is 0 Å². The number of aromatic nitrogens is 5. The molecule has 0 aliphatic heterocycles. The molecule has 0 fully saturated rings. The Kier molecular flexibility index (Phi) is 9.79. The van der Waals surface area contributed by atoms with Crippen molar-refractivity contribution >= 4 is 5.65 Å². The number of aryl methyl sites for hydroxylation is 1. The molecule has 2 aromatic carbocycles. The molecule has 0 radical (unpaired) electrons. The quantitative estimate of drug-likeness (QED) is 0.143. The first kappa shape index (κ1) is 34.1. The molecule has 0 unspecified atom stereocenters. The largest absolute Gasteiger partial charge is 2.00 e. The molecule has 0 saturated carbocycles. The van der Waals surface area contributed by atoms with Gasteiger partial charge in [0.2, 0.25) is 5.88 Å². The van der Waals surface area contributed by atoms with Crippen molar-refractivity contribution in [2.24, 2.45) is 0 Å². The van der Waals surface area contributed by atoms with E-state index in [-0.39, 0.29) is 38.3 Å². The molecule has 244 valence electrons. The average molecular weight is 807 g/mol. The van der Waals surface area contributed by atoms with E-state index >= 15 is 0 Å². The van der Waals surface area contributed by atoms with Crippen LogP contribution in [0.2, 0.25) is 0 Å². The zero-order chi connectivity index (χ0) is 32.7. The van der Waals surface area contributed by atoms with E-state index in [9.17, 15) is 0 Å². The predicted octanol–water partition coefficient (Wildman–Crippen LogP) is 9.93. The van der Waals surface area contributed by atoms with Crippen LogP contribution in [0.3, 0.4) is 0 Å². The second kappa shape index (κ2) is 13.5. The molecule has 0 bridgehead atoms.